The molecule has 2 rings (SSSR count). The maximum atomic E-state index is 11.8. The van der Waals surface area contributed by atoms with Crippen molar-refractivity contribution in [1.82, 2.24) is 10.2 Å². The Balaban J connectivity index is 1.80. The fraction of sp³-hybridized carbons (Fsp3) is 0.778. The van der Waals surface area contributed by atoms with E-state index < -0.39 is 5.97 Å². The quantitative estimate of drug-likeness (QED) is 0.652. The van der Waals surface area contributed by atoms with Crippen LogP contribution in [0.25, 0.3) is 0 Å². The van der Waals surface area contributed by atoms with Gasteiger partial charge in [0.1, 0.15) is 0 Å². The molecule has 0 aliphatic carbocycles. The number of likely N-dealkylation sites (tertiary alicyclic amines) is 1. The summed E-state index contributed by atoms with van der Waals surface area (Å²) in [4.78, 5) is 24.0. The molecule has 6 heteroatoms. The summed E-state index contributed by atoms with van der Waals surface area (Å²) in [6.45, 7) is 1.60. The van der Waals surface area contributed by atoms with Gasteiger partial charge in [-0.25, -0.2) is 0 Å². The van der Waals surface area contributed by atoms with E-state index in [0.29, 0.717) is 13.1 Å². The zero-order valence-corrected chi connectivity index (χ0v) is 9.13. The molecule has 2 aliphatic rings. The second kappa shape index (κ2) is 4.40. The molecule has 2 N–H and O–H groups in total. The van der Waals surface area contributed by atoms with Crippen molar-refractivity contribution < 1.29 is 14.7 Å². The van der Waals surface area contributed by atoms with Crippen LogP contribution < -0.4 is 5.32 Å². The summed E-state index contributed by atoms with van der Waals surface area (Å²) in [5.74, 6) is 0.740. The highest BCUT2D eigenvalue weighted by Crippen LogP contribution is 2.18. The molecular formula is C9H14N2O3S. The first-order valence-electron chi connectivity index (χ1n) is 5.01. The SMILES string of the molecule is O=C(O)C1CN(C(=O)C2CSCCN2)C1. The monoisotopic (exact) mass is 230 g/mol. The number of carboxylic acids is 1. The zero-order valence-electron chi connectivity index (χ0n) is 8.31. The molecule has 0 spiro atoms. The summed E-state index contributed by atoms with van der Waals surface area (Å²) in [5.41, 5.74) is 0. The number of carbonyl (C=O) groups is 2. The fourth-order valence-corrected chi connectivity index (χ4v) is 2.68. The lowest BCUT2D eigenvalue weighted by Gasteiger charge is -2.39. The number of carboxylic acid groups (broad SMARTS) is 1. The lowest BCUT2D eigenvalue weighted by atomic mass is 9.99. The van der Waals surface area contributed by atoms with E-state index in [9.17, 15) is 9.59 Å². The lowest BCUT2D eigenvalue weighted by molar-refractivity contribution is -0.153. The van der Waals surface area contributed by atoms with Crippen molar-refractivity contribution in [3.63, 3.8) is 0 Å². The maximum Gasteiger partial charge on any atom is 0.310 e. The number of nitrogens with one attached hydrogen (secondary N) is 1. The molecule has 0 bridgehead atoms. The molecule has 0 radical (unpaired) electrons. The van der Waals surface area contributed by atoms with E-state index in [4.69, 9.17) is 5.11 Å². The Hall–Kier alpha value is -0.750. The summed E-state index contributed by atoms with van der Waals surface area (Å²) < 4.78 is 0. The molecule has 1 unspecified atom stereocenters. The maximum absolute atomic E-state index is 11.8. The number of aliphatic carboxylic acids is 1. The predicted molar refractivity (Wildman–Crippen MR) is 56.8 cm³/mol. The molecule has 0 aromatic rings. The minimum atomic E-state index is -0.801. The Bertz CT molecular complexity index is 273. The Morgan fingerprint density at radius 3 is 2.67 bits per heavy atom. The molecule has 2 heterocycles. The predicted octanol–water partition coefficient (Wildman–Crippen LogP) is -0.766. The van der Waals surface area contributed by atoms with E-state index in [1.807, 2.05) is 0 Å². The lowest BCUT2D eigenvalue weighted by Crippen LogP contribution is -2.59. The normalized spacial score (nSPS) is 27.2. The Kier molecular flexibility index (Phi) is 3.16. The number of amides is 1. The van der Waals surface area contributed by atoms with E-state index >= 15 is 0 Å². The molecule has 15 heavy (non-hydrogen) atoms. The van der Waals surface area contributed by atoms with Crippen LogP contribution in [0.5, 0.6) is 0 Å². The van der Waals surface area contributed by atoms with Crippen LogP contribution in [0.2, 0.25) is 0 Å². The van der Waals surface area contributed by atoms with Gasteiger partial charge in [-0.1, -0.05) is 0 Å². The van der Waals surface area contributed by atoms with Crippen molar-refractivity contribution in [3.8, 4) is 0 Å². The highest BCUT2D eigenvalue weighted by atomic mass is 32.2. The topological polar surface area (TPSA) is 69.6 Å². The van der Waals surface area contributed by atoms with E-state index in [-0.39, 0.29) is 17.9 Å². The first kappa shape index (κ1) is 10.8. The second-order valence-corrected chi connectivity index (χ2v) is 5.01. The van der Waals surface area contributed by atoms with Crippen molar-refractivity contribution in [2.24, 2.45) is 5.92 Å². The molecule has 2 fully saturated rings. The first-order chi connectivity index (χ1) is 7.18. The molecular weight excluding hydrogens is 216 g/mol. The first-order valence-corrected chi connectivity index (χ1v) is 6.16. The van der Waals surface area contributed by atoms with E-state index in [0.717, 1.165) is 18.1 Å². The van der Waals surface area contributed by atoms with E-state index in [2.05, 4.69) is 5.32 Å². The van der Waals surface area contributed by atoms with Crippen LogP contribution >= 0.6 is 11.8 Å². The summed E-state index contributed by atoms with van der Waals surface area (Å²) in [6.07, 6.45) is 0. The van der Waals surface area contributed by atoms with Gasteiger partial charge in [-0.15, -0.1) is 0 Å². The number of thioether (sulfide) groups is 1. The van der Waals surface area contributed by atoms with Gasteiger partial charge in [0.2, 0.25) is 5.91 Å². The molecule has 5 nitrogen and oxygen atoms in total. The van der Waals surface area contributed by atoms with Crippen LogP contribution in [0.15, 0.2) is 0 Å². The van der Waals surface area contributed by atoms with Crippen molar-refractivity contribution >= 4 is 23.6 Å². The minimum absolute atomic E-state index is 0.0553. The summed E-state index contributed by atoms with van der Waals surface area (Å²) in [5, 5.41) is 11.8. The third-order valence-electron chi connectivity index (χ3n) is 2.76. The van der Waals surface area contributed by atoms with E-state index in [1.54, 1.807) is 16.7 Å². The molecule has 0 aromatic carbocycles. The van der Waals surface area contributed by atoms with Gasteiger partial charge in [0.25, 0.3) is 0 Å². The van der Waals surface area contributed by atoms with E-state index in [1.165, 1.54) is 0 Å². The molecule has 1 amide bonds. The third kappa shape index (κ3) is 2.26. The number of hydrogen-bond acceptors (Lipinski definition) is 4. The molecule has 84 valence electrons. The largest absolute Gasteiger partial charge is 0.481 e. The van der Waals surface area contributed by atoms with Gasteiger partial charge in [0.15, 0.2) is 0 Å². The van der Waals surface area contributed by atoms with Gasteiger partial charge in [0.05, 0.1) is 12.0 Å². The van der Waals surface area contributed by atoms with Crippen molar-refractivity contribution in [2.45, 2.75) is 6.04 Å². The summed E-state index contributed by atoms with van der Waals surface area (Å²) >= 11 is 1.76. The highest BCUT2D eigenvalue weighted by Gasteiger charge is 2.38. The number of hydrogen-bond donors (Lipinski definition) is 2. The van der Waals surface area contributed by atoms with Gasteiger partial charge >= 0.3 is 5.97 Å². The van der Waals surface area contributed by atoms with Crippen LogP contribution in [0.1, 0.15) is 0 Å². The highest BCUT2D eigenvalue weighted by molar-refractivity contribution is 7.99. The Morgan fingerprint density at radius 1 is 1.40 bits per heavy atom. The Labute approximate surface area is 92.2 Å². The van der Waals surface area contributed by atoms with Crippen molar-refractivity contribution in [3.05, 3.63) is 0 Å². The van der Waals surface area contributed by atoms with Gasteiger partial charge in [0, 0.05) is 31.1 Å². The molecule has 1 atom stereocenters. The number of nitrogens with zero attached hydrogens (tertiary/aromatic N) is 1. The van der Waals surface area contributed by atoms with Crippen LogP contribution in [0.3, 0.4) is 0 Å². The third-order valence-corrected chi connectivity index (χ3v) is 3.82. The average molecular weight is 230 g/mol. The smallest absolute Gasteiger partial charge is 0.310 e. The van der Waals surface area contributed by atoms with Crippen molar-refractivity contribution in [2.75, 3.05) is 31.1 Å². The van der Waals surface area contributed by atoms with Crippen LogP contribution in [0.4, 0.5) is 0 Å². The second-order valence-electron chi connectivity index (χ2n) is 3.86. The molecule has 2 saturated heterocycles. The summed E-state index contributed by atoms with van der Waals surface area (Å²) in [6, 6.07) is -0.113. The van der Waals surface area contributed by atoms with Crippen molar-refractivity contribution in [1.29, 1.82) is 0 Å². The van der Waals surface area contributed by atoms with Gasteiger partial charge in [-0.3, -0.25) is 9.59 Å². The van der Waals surface area contributed by atoms with Gasteiger partial charge in [-0.05, 0) is 0 Å². The number of carbonyl (C=O) groups excluding carboxylic acids is 1. The minimum Gasteiger partial charge on any atom is -0.481 e. The Morgan fingerprint density at radius 2 is 2.13 bits per heavy atom. The van der Waals surface area contributed by atoms with Gasteiger partial charge in [-0.2, -0.15) is 11.8 Å². The van der Waals surface area contributed by atoms with Gasteiger partial charge < -0.3 is 15.3 Å². The average Bonchev–Trinajstić information content (AvgIpc) is 2.16. The summed E-state index contributed by atoms with van der Waals surface area (Å²) in [7, 11) is 0. The molecule has 2 aliphatic heterocycles. The molecule has 0 aromatic heterocycles. The van der Waals surface area contributed by atoms with Crippen LogP contribution in [0, 0.1) is 5.92 Å². The molecule has 0 saturated carbocycles. The standard InChI is InChI=1S/C9H14N2O3S/c12-8(7-5-15-2-1-10-7)11-3-6(4-11)9(13)14/h6-7,10H,1-5H2,(H,13,14). The van der Waals surface area contributed by atoms with Crippen LogP contribution in [-0.2, 0) is 9.59 Å². The zero-order chi connectivity index (χ0) is 10.8. The number of rotatable bonds is 2. The fourth-order valence-electron chi connectivity index (χ4n) is 1.76. The van der Waals surface area contributed by atoms with Crippen LogP contribution in [-0.4, -0.2) is 59.1 Å².